The number of carboxylic acids is 1. The number of nitrogens with one attached hydrogen (secondary N) is 1. The minimum absolute atomic E-state index is 0.123. The Morgan fingerprint density at radius 3 is 2.48 bits per heavy atom. The molecule has 0 radical (unpaired) electrons. The number of aromatic carboxylic acids is 1. The molecule has 0 saturated heterocycles. The second-order valence-corrected chi connectivity index (χ2v) is 4.84. The number of benzene rings is 2. The summed E-state index contributed by atoms with van der Waals surface area (Å²) in [5.74, 6) is -0.0772. The van der Waals surface area contributed by atoms with Gasteiger partial charge in [-0.15, -0.1) is 0 Å². The van der Waals surface area contributed by atoms with E-state index in [9.17, 15) is 4.79 Å². The van der Waals surface area contributed by atoms with Crippen LogP contribution in [0.15, 0.2) is 48.5 Å². The highest BCUT2D eigenvalue weighted by Crippen LogP contribution is 2.18. The van der Waals surface area contributed by atoms with E-state index in [1.165, 1.54) is 0 Å². The van der Waals surface area contributed by atoms with Gasteiger partial charge in [0, 0.05) is 12.6 Å². The fourth-order valence-electron chi connectivity index (χ4n) is 2.16. The molecule has 0 amide bonds. The van der Waals surface area contributed by atoms with Gasteiger partial charge < -0.3 is 15.2 Å². The first kappa shape index (κ1) is 15.1. The molecule has 2 N–H and O–H groups in total. The second-order valence-electron chi connectivity index (χ2n) is 4.84. The Morgan fingerprint density at radius 2 is 1.86 bits per heavy atom. The summed E-state index contributed by atoms with van der Waals surface area (Å²) in [6.45, 7) is 2.56. The highest BCUT2D eigenvalue weighted by molar-refractivity contribution is 5.89. The van der Waals surface area contributed by atoms with E-state index in [4.69, 9.17) is 9.84 Å². The minimum atomic E-state index is -0.899. The Morgan fingerprint density at radius 1 is 1.19 bits per heavy atom. The van der Waals surface area contributed by atoms with Gasteiger partial charge in [-0.3, -0.25) is 0 Å². The maximum atomic E-state index is 11.2. The topological polar surface area (TPSA) is 58.6 Å². The van der Waals surface area contributed by atoms with Crippen LogP contribution in [-0.4, -0.2) is 18.2 Å². The lowest BCUT2D eigenvalue weighted by molar-refractivity contribution is 0.0695. The van der Waals surface area contributed by atoms with Crippen molar-refractivity contribution in [2.75, 3.05) is 7.11 Å². The summed E-state index contributed by atoms with van der Waals surface area (Å²) >= 11 is 0. The van der Waals surface area contributed by atoms with Gasteiger partial charge in [-0.25, -0.2) is 4.79 Å². The van der Waals surface area contributed by atoms with Crippen molar-refractivity contribution in [2.45, 2.75) is 19.5 Å². The molecule has 0 spiro atoms. The van der Waals surface area contributed by atoms with Crippen molar-refractivity contribution in [3.8, 4) is 5.75 Å². The van der Waals surface area contributed by atoms with Crippen LogP contribution in [-0.2, 0) is 6.54 Å². The van der Waals surface area contributed by atoms with Gasteiger partial charge in [0.15, 0.2) is 0 Å². The molecule has 0 aliphatic rings. The first-order chi connectivity index (χ1) is 10.1. The lowest BCUT2D eigenvalue weighted by Gasteiger charge is -2.15. The van der Waals surface area contributed by atoms with Crippen molar-refractivity contribution >= 4 is 5.97 Å². The van der Waals surface area contributed by atoms with E-state index in [1.807, 2.05) is 43.3 Å². The standard InChI is InChI=1S/C17H19NO3/c1-12(13-7-9-15(21-2)10-8-13)18-11-14-5-3-4-6-16(14)17(19)20/h3-10,12,18H,11H2,1-2H3,(H,19,20)/t12-/m1/s1. The van der Waals surface area contributed by atoms with Crippen LogP contribution in [0.1, 0.15) is 34.5 Å². The number of carbonyl (C=O) groups is 1. The monoisotopic (exact) mass is 285 g/mol. The molecule has 0 fully saturated rings. The molecular weight excluding hydrogens is 266 g/mol. The van der Waals surface area contributed by atoms with Crippen LogP contribution in [0.25, 0.3) is 0 Å². The van der Waals surface area contributed by atoms with Gasteiger partial charge in [0.2, 0.25) is 0 Å². The maximum Gasteiger partial charge on any atom is 0.336 e. The molecule has 0 unspecified atom stereocenters. The van der Waals surface area contributed by atoms with E-state index in [2.05, 4.69) is 5.32 Å². The first-order valence-electron chi connectivity index (χ1n) is 6.80. The maximum absolute atomic E-state index is 11.2. The summed E-state index contributed by atoms with van der Waals surface area (Å²) in [4.78, 5) is 11.2. The van der Waals surface area contributed by atoms with Crippen molar-refractivity contribution in [1.82, 2.24) is 5.32 Å². The number of hydrogen-bond donors (Lipinski definition) is 2. The van der Waals surface area contributed by atoms with Crippen molar-refractivity contribution in [3.63, 3.8) is 0 Å². The fraction of sp³-hybridized carbons (Fsp3) is 0.235. The molecule has 0 aromatic heterocycles. The van der Waals surface area contributed by atoms with Crippen LogP contribution >= 0.6 is 0 Å². The quantitative estimate of drug-likeness (QED) is 0.855. The molecule has 0 saturated carbocycles. The number of rotatable bonds is 6. The van der Waals surface area contributed by atoms with Crippen LogP contribution in [0.5, 0.6) is 5.75 Å². The molecule has 21 heavy (non-hydrogen) atoms. The average Bonchev–Trinajstić information content (AvgIpc) is 2.52. The highest BCUT2D eigenvalue weighted by Gasteiger charge is 2.10. The minimum Gasteiger partial charge on any atom is -0.497 e. The zero-order chi connectivity index (χ0) is 15.2. The zero-order valence-corrected chi connectivity index (χ0v) is 12.2. The average molecular weight is 285 g/mol. The first-order valence-corrected chi connectivity index (χ1v) is 6.80. The third-order valence-corrected chi connectivity index (χ3v) is 3.46. The summed E-state index contributed by atoms with van der Waals surface area (Å²) in [6.07, 6.45) is 0. The molecule has 0 aliphatic carbocycles. The SMILES string of the molecule is COc1ccc([C@@H](C)NCc2ccccc2C(=O)O)cc1. The number of carboxylic acid groups (broad SMARTS) is 1. The van der Waals surface area contributed by atoms with Crippen LogP contribution in [0, 0.1) is 0 Å². The molecule has 0 heterocycles. The van der Waals surface area contributed by atoms with Gasteiger partial charge in [0.25, 0.3) is 0 Å². The molecule has 2 aromatic rings. The summed E-state index contributed by atoms with van der Waals surface area (Å²) in [7, 11) is 1.64. The van der Waals surface area contributed by atoms with E-state index >= 15 is 0 Å². The summed E-state index contributed by atoms with van der Waals surface area (Å²) in [5.41, 5.74) is 2.25. The van der Waals surface area contributed by atoms with Gasteiger partial charge in [0.1, 0.15) is 5.75 Å². The van der Waals surface area contributed by atoms with Crippen LogP contribution in [0.2, 0.25) is 0 Å². The molecule has 4 nitrogen and oxygen atoms in total. The Hall–Kier alpha value is -2.33. The van der Waals surface area contributed by atoms with Crippen LogP contribution in [0.4, 0.5) is 0 Å². The molecule has 4 heteroatoms. The third kappa shape index (κ3) is 3.83. The van der Waals surface area contributed by atoms with Crippen molar-refractivity contribution < 1.29 is 14.6 Å². The number of hydrogen-bond acceptors (Lipinski definition) is 3. The Bertz CT molecular complexity index is 608. The zero-order valence-electron chi connectivity index (χ0n) is 12.2. The van der Waals surface area contributed by atoms with E-state index in [-0.39, 0.29) is 6.04 Å². The van der Waals surface area contributed by atoms with E-state index in [1.54, 1.807) is 19.2 Å². The molecule has 110 valence electrons. The Kier molecular flexibility index (Phi) is 4.95. The third-order valence-electron chi connectivity index (χ3n) is 3.46. The predicted octanol–water partition coefficient (Wildman–Crippen LogP) is 3.24. The van der Waals surface area contributed by atoms with Crippen LogP contribution < -0.4 is 10.1 Å². The summed E-state index contributed by atoms with van der Waals surface area (Å²) < 4.78 is 5.13. The molecule has 2 aromatic carbocycles. The van der Waals surface area contributed by atoms with Gasteiger partial charge in [0.05, 0.1) is 12.7 Å². The summed E-state index contributed by atoms with van der Waals surface area (Å²) in [5, 5.41) is 12.5. The molecule has 1 atom stereocenters. The van der Waals surface area contributed by atoms with E-state index < -0.39 is 5.97 Å². The normalized spacial score (nSPS) is 11.9. The second kappa shape index (κ2) is 6.90. The Balaban J connectivity index is 2.03. The van der Waals surface area contributed by atoms with Crippen molar-refractivity contribution in [3.05, 3.63) is 65.2 Å². The molecule has 0 aliphatic heterocycles. The van der Waals surface area contributed by atoms with Crippen LogP contribution in [0.3, 0.4) is 0 Å². The number of methoxy groups -OCH3 is 1. The Labute approximate surface area is 124 Å². The fourth-order valence-corrected chi connectivity index (χ4v) is 2.16. The van der Waals surface area contributed by atoms with E-state index in [0.29, 0.717) is 12.1 Å². The molecular formula is C17H19NO3. The lowest BCUT2D eigenvalue weighted by Crippen LogP contribution is -2.19. The number of ether oxygens (including phenoxy) is 1. The van der Waals surface area contributed by atoms with Gasteiger partial charge in [-0.1, -0.05) is 30.3 Å². The highest BCUT2D eigenvalue weighted by atomic mass is 16.5. The predicted molar refractivity (Wildman–Crippen MR) is 81.7 cm³/mol. The van der Waals surface area contributed by atoms with Crippen molar-refractivity contribution in [2.24, 2.45) is 0 Å². The van der Waals surface area contributed by atoms with Gasteiger partial charge in [-0.05, 0) is 36.2 Å². The lowest BCUT2D eigenvalue weighted by atomic mass is 10.1. The largest absolute Gasteiger partial charge is 0.497 e. The van der Waals surface area contributed by atoms with Gasteiger partial charge in [-0.2, -0.15) is 0 Å². The molecule has 2 rings (SSSR count). The van der Waals surface area contributed by atoms with Gasteiger partial charge >= 0.3 is 5.97 Å². The summed E-state index contributed by atoms with van der Waals surface area (Å²) in [6, 6.07) is 15.0. The van der Waals surface area contributed by atoms with Crippen molar-refractivity contribution in [1.29, 1.82) is 0 Å². The molecule has 0 bridgehead atoms. The smallest absolute Gasteiger partial charge is 0.336 e. The van der Waals surface area contributed by atoms with E-state index in [0.717, 1.165) is 16.9 Å².